The standard InChI is InChI=1S/C28H26N4O/c1-20(32(23-10-6-16-29-18-23)24-11-7-17-30-19-24)27-25(21-8-3-2-4-9-21)12-5-13-26(27)28(33)31-22-14-15-22/h2-13,16-20,22H,14-15H2,1H3,(H,31,33). The summed E-state index contributed by atoms with van der Waals surface area (Å²) < 4.78 is 0. The minimum atomic E-state index is -0.158. The Bertz CT molecular complexity index is 1190. The summed E-state index contributed by atoms with van der Waals surface area (Å²) in [6.45, 7) is 2.13. The van der Waals surface area contributed by atoms with E-state index < -0.39 is 0 Å². The Kier molecular flexibility index (Phi) is 5.85. The van der Waals surface area contributed by atoms with Gasteiger partial charge in [-0.1, -0.05) is 42.5 Å². The molecule has 0 aliphatic heterocycles. The van der Waals surface area contributed by atoms with Gasteiger partial charge in [0, 0.05) is 24.0 Å². The molecule has 5 heteroatoms. The molecule has 1 N–H and O–H groups in total. The summed E-state index contributed by atoms with van der Waals surface area (Å²) in [5.74, 6) is -0.0190. The van der Waals surface area contributed by atoms with Crippen molar-refractivity contribution in [2.24, 2.45) is 0 Å². The molecule has 1 amide bonds. The molecule has 1 atom stereocenters. The summed E-state index contributed by atoms with van der Waals surface area (Å²) >= 11 is 0. The number of rotatable bonds is 7. The molecule has 1 unspecified atom stereocenters. The third-order valence-electron chi connectivity index (χ3n) is 6.00. The molecule has 5 rings (SSSR count). The molecule has 5 nitrogen and oxygen atoms in total. The largest absolute Gasteiger partial charge is 0.349 e. The van der Waals surface area contributed by atoms with Crippen LogP contribution in [0.2, 0.25) is 0 Å². The lowest BCUT2D eigenvalue weighted by Crippen LogP contribution is -2.29. The summed E-state index contributed by atoms with van der Waals surface area (Å²) in [6, 6.07) is 24.3. The van der Waals surface area contributed by atoms with Crippen LogP contribution in [0.3, 0.4) is 0 Å². The molecular weight excluding hydrogens is 408 g/mol. The van der Waals surface area contributed by atoms with Crippen LogP contribution in [0.25, 0.3) is 11.1 Å². The Labute approximate surface area is 194 Å². The van der Waals surface area contributed by atoms with E-state index in [-0.39, 0.29) is 18.0 Å². The highest BCUT2D eigenvalue weighted by Crippen LogP contribution is 2.40. The van der Waals surface area contributed by atoms with Gasteiger partial charge < -0.3 is 10.2 Å². The van der Waals surface area contributed by atoms with Gasteiger partial charge in [-0.2, -0.15) is 0 Å². The van der Waals surface area contributed by atoms with Gasteiger partial charge in [0.2, 0.25) is 0 Å². The maximum Gasteiger partial charge on any atom is 0.251 e. The van der Waals surface area contributed by atoms with Crippen molar-refractivity contribution in [1.29, 1.82) is 0 Å². The van der Waals surface area contributed by atoms with E-state index in [1.165, 1.54) is 0 Å². The first-order valence-electron chi connectivity index (χ1n) is 11.3. The Balaban J connectivity index is 1.68. The third kappa shape index (κ3) is 4.48. The van der Waals surface area contributed by atoms with E-state index in [0.717, 1.165) is 40.9 Å². The molecule has 0 radical (unpaired) electrons. The molecule has 2 heterocycles. The number of hydrogen-bond acceptors (Lipinski definition) is 4. The van der Waals surface area contributed by atoms with Crippen molar-refractivity contribution in [3.8, 4) is 11.1 Å². The SMILES string of the molecule is CC(c1c(C(=O)NC2CC2)cccc1-c1ccccc1)N(c1cccnc1)c1cccnc1. The second kappa shape index (κ2) is 9.25. The minimum Gasteiger partial charge on any atom is -0.349 e. The van der Waals surface area contributed by atoms with Crippen molar-refractivity contribution in [3.05, 3.63) is 109 Å². The Morgan fingerprint density at radius 3 is 2.12 bits per heavy atom. The predicted octanol–water partition coefficient (Wildman–Crippen LogP) is 5.94. The molecule has 164 valence electrons. The zero-order valence-corrected chi connectivity index (χ0v) is 18.6. The highest BCUT2D eigenvalue weighted by molar-refractivity contribution is 5.98. The number of anilines is 2. The first-order valence-corrected chi connectivity index (χ1v) is 11.3. The molecule has 1 aliphatic rings. The maximum atomic E-state index is 13.3. The summed E-state index contributed by atoms with van der Waals surface area (Å²) in [5, 5.41) is 3.18. The number of carbonyl (C=O) groups excluding carboxylic acids is 1. The molecular formula is C28H26N4O. The Morgan fingerprint density at radius 2 is 1.55 bits per heavy atom. The lowest BCUT2D eigenvalue weighted by atomic mass is 9.89. The average Bonchev–Trinajstić information content (AvgIpc) is 3.69. The van der Waals surface area contributed by atoms with Gasteiger partial charge in [-0.15, -0.1) is 0 Å². The van der Waals surface area contributed by atoms with Crippen molar-refractivity contribution in [3.63, 3.8) is 0 Å². The van der Waals surface area contributed by atoms with Crippen LogP contribution < -0.4 is 10.2 Å². The lowest BCUT2D eigenvalue weighted by molar-refractivity contribution is 0.0950. The molecule has 0 spiro atoms. The van der Waals surface area contributed by atoms with Gasteiger partial charge in [0.05, 0.1) is 29.8 Å². The zero-order chi connectivity index (χ0) is 22.6. The first-order chi connectivity index (χ1) is 16.2. The first kappa shape index (κ1) is 20.9. The number of pyridine rings is 2. The molecule has 2 aromatic carbocycles. The average molecular weight is 435 g/mol. The second-order valence-corrected chi connectivity index (χ2v) is 8.35. The van der Waals surface area contributed by atoms with Crippen LogP contribution in [0.1, 0.15) is 41.7 Å². The van der Waals surface area contributed by atoms with Crippen LogP contribution in [0, 0.1) is 0 Å². The molecule has 0 bridgehead atoms. The molecule has 4 aromatic rings. The van der Waals surface area contributed by atoms with E-state index in [0.29, 0.717) is 5.56 Å². The normalized spacial score (nSPS) is 13.8. The van der Waals surface area contributed by atoms with Crippen LogP contribution in [0.5, 0.6) is 0 Å². The fourth-order valence-corrected chi connectivity index (χ4v) is 4.29. The van der Waals surface area contributed by atoms with Gasteiger partial charge in [0.1, 0.15) is 0 Å². The van der Waals surface area contributed by atoms with Crippen molar-refractivity contribution >= 4 is 17.3 Å². The van der Waals surface area contributed by atoms with Crippen molar-refractivity contribution in [1.82, 2.24) is 15.3 Å². The summed E-state index contributed by atoms with van der Waals surface area (Å²) in [4.78, 5) is 24.2. The van der Waals surface area contributed by atoms with Gasteiger partial charge in [-0.05, 0) is 66.8 Å². The van der Waals surface area contributed by atoms with E-state index in [9.17, 15) is 4.79 Å². The third-order valence-corrected chi connectivity index (χ3v) is 6.00. The minimum absolute atomic E-state index is 0.0190. The van der Waals surface area contributed by atoms with Crippen LogP contribution in [0.4, 0.5) is 11.4 Å². The summed E-state index contributed by atoms with van der Waals surface area (Å²) in [7, 11) is 0. The molecule has 0 saturated heterocycles. The molecule has 1 fully saturated rings. The number of amides is 1. The maximum absolute atomic E-state index is 13.3. The number of carbonyl (C=O) groups is 1. The fraction of sp³-hybridized carbons (Fsp3) is 0.179. The Morgan fingerprint density at radius 1 is 0.879 bits per heavy atom. The Hall–Kier alpha value is -3.99. The fourth-order valence-electron chi connectivity index (χ4n) is 4.29. The molecule has 1 saturated carbocycles. The predicted molar refractivity (Wildman–Crippen MR) is 131 cm³/mol. The van der Waals surface area contributed by atoms with Gasteiger partial charge in [-0.25, -0.2) is 0 Å². The van der Waals surface area contributed by atoms with E-state index in [4.69, 9.17) is 0 Å². The number of nitrogens with zero attached hydrogens (tertiary/aromatic N) is 3. The van der Waals surface area contributed by atoms with Gasteiger partial charge in [-0.3, -0.25) is 14.8 Å². The number of aromatic nitrogens is 2. The zero-order valence-electron chi connectivity index (χ0n) is 18.6. The smallest absolute Gasteiger partial charge is 0.251 e. The number of hydrogen-bond donors (Lipinski definition) is 1. The van der Waals surface area contributed by atoms with Gasteiger partial charge in [0.15, 0.2) is 0 Å². The van der Waals surface area contributed by atoms with E-state index in [1.54, 1.807) is 12.4 Å². The van der Waals surface area contributed by atoms with Crippen molar-refractivity contribution < 1.29 is 4.79 Å². The monoisotopic (exact) mass is 434 g/mol. The topological polar surface area (TPSA) is 58.1 Å². The van der Waals surface area contributed by atoms with Crippen molar-refractivity contribution in [2.45, 2.75) is 31.8 Å². The van der Waals surface area contributed by atoms with E-state index >= 15 is 0 Å². The van der Waals surface area contributed by atoms with E-state index in [2.05, 4.69) is 45.3 Å². The van der Waals surface area contributed by atoms with Crippen LogP contribution >= 0.6 is 0 Å². The van der Waals surface area contributed by atoms with Crippen LogP contribution in [0.15, 0.2) is 97.6 Å². The highest BCUT2D eigenvalue weighted by Gasteiger charge is 2.29. The number of nitrogens with one attached hydrogen (secondary N) is 1. The second-order valence-electron chi connectivity index (χ2n) is 8.35. The molecule has 33 heavy (non-hydrogen) atoms. The molecule has 2 aromatic heterocycles. The van der Waals surface area contributed by atoms with Crippen molar-refractivity contribution in [2.75, 3.05) is 4.90 Å². The lowest BCUT2D eigenvalue weighted by Gasteiger charge is -2.33. The van der Waals surface area contributed by atoms with Gasteiger partial charge >= 0.3 is 0 Å². The highest BCUT2D eigenvalue weighted by atomic mass is 16.1. The van der Waals surface area contributed by atoms with Crippen LogP contribution in [-0.4, -0.2) is 21.9 Å². The molecule has 1 aliphatic carbocycles. The summed E-state index contributed by atoms with van der Waals surface area (Å²) in [6.07, 6.45) is 9.32. The number of benzene rings is 2. The summed E-state index contributed by atoms with van der Waals surface area (Å²) in [5.41, 5.74) is 5.69. The van der Waals surface area contributed by atoms with Gasteiger partial charge in [0.25, 0.3) is 5.91 Å². The van der Waals surface area contributed by atoms with Crippen LogP contribution in [-0.2, 0) is 0 Å². The quantitative estimate of drug-likeness (QED) is 0.391. The van der Waals surface area contributed by atoms with E-state index in [1.807, 2.05) is 67.0 Å².